The zero-order valence-corrected chi connectivity index (χ0v) is 20.2. The Morgan fingerprint density at radius 3 is 2.30 bits per heavy atom. The summed E-state index contributed by atoms with van der Waals surface area (Å²) in [5.41, 5.74) is 2.67. The van der Waals surface area contributed by atoms with Crippen molar-refractivity contribution in [3.05, 3.63) is 48.2 Å². The van der Waals surface area contributed by atoms with Crippen molar-refractivity contribution < 1.29 is 17.9 Å². The van der Waals surface area contributed by atoms with Crippen molar-refractivity contribution in [3.63, 3.8) is 0 Å². The Morgan fingerprint density at radius 2 is 1.70 bits per heavy atom. The van der Waals surface area contributed by atoms with Crippen LogP contribution in [0, 0.1) is 5.92 Å². The van der Waals surface area contributed by atoms with Gasteiger partial charge in [0.05, 0.1) is 23.3 Å². The first kappa shape index (κ1) is 23.9. The summed E-state index contributed by atoms with van der Waals surface area (Å²) in [6, 6.07) is 10.7. The van der Waals surface area contributed by atoms with E-state index < -0.39 is 9.84 Å². The van der Waals surface area contributed by atoms with Crippen LogP contribution in [-0.4, -0.2) is 49.7 Å². The Labute approximate surface area is 197 Å². The number of hydrogen-bond acceptors (Lipinski definition) is 5. The topological polar surface area (TPSA) is 76.6 Å². The summed E-state index contributed by atoms with van der Waals surface area (Å²) in [4.78, 5) is 19.5. The molecule has 2 heterocycles. The van der Waals surface area contributed by atoms with Gasteiger partial charge in [0.15, 0.2) is 9.84 Å². The maximum atomic E-state index is 12.6. The summed E-state index contributed by atoms with van der Waals surface area (Å²) in [5.74, 6) is 0.915. The molecular weight excluding hydrogens is 436 g/mol. The van der Waals surface area contributed by atoms with E-state index in [-0.39, 0.29) is 6.10 Å². The fourth-order valence-corrected chi connectivity index (χ4v) is 5.44. The summed E-state index contributed by atoms with van der Waals surface area (Å²) in [6.45, 7) is 2.08. The van der Waals surface area contributed by atoms with Crippen molar-refractivity contribution in [1.82, 2.24) is 9.88 Å². The molecule has 33 heavy (non-hydrogen) atoms. The van der Waals surface area contributed by atoms with Gasteiger partial charge in [0.2, 0.25) is 5.91 Å². The SMILES string of the molecule is CS(=O)(=O)c1ccc(-c2ccc(COC3CCN(C(=O)CC4CCCCC4)CC3)cn2)cc1. The number of benzene rings is 1. The van der Waals surface area contributed by atoms with E-state index in [1.165, 1.54) is 38.4 Å². The molecule has 0 atom stereocenters. The lowest BCUT2D eigenvalue weighted by molar-refractivity contribution is -0.135. The number of ether oxygens (including phenoxy) is 1. The number of likely N-dealkylation sites (tertiary alicyclic amines) is 1. The third kappa shape index (κ3) is 6.64. The number of carbonyl (C=O) groups is 1. The van der Waals surface area contributed by atoms with Gasteiger partial charge >= 0.3 is 0 Å². The number of amides is 1. The molecule has 0 N–H and O–H groups in total. The van der Waals surface area contributed by atoms with Crippen LogP contribution in [0.4, 0.5) is 0 Å². The van der Waals surface area contributed by atoms with Crippen LogP contribution in [0.25, 0.3) is 11.3 Å². The van der Waals surface area contributed by atoms with E-state index >= 15 is 0 Å². The van der Waals surface area contributed by atoms with Gasteiger partial charge in [-0.25, -0.2) is 8.42 Å². The average molecular weight is 471 g/mol. The molecule has 7 heteroatoms. The quantitative estimate of drug-likeness (QED) is 0.590. The fourth-order valence-electron chi connectivity index (χ4n) is 4.81. The van der Waals surface area contributed by atoms with Crippen molar-refractivity contribution in [3.8, 4) is 11.3 Å². The first-order valence-corrected chi connectivity index (χ1v) is 13.9. The largest absolute Gasteiger partial charge is 0.373 e. The molecule has 1 aromatic carbocycles. The highest BCUT2D eigenvalue weighted by Gasteiger charge is 2.25. The van der Waals surface area contributed by atoms with Gasteiger partial charge in [-0.1, -0.05) is 37.5 Å². The van der Waals surface area contributed by atoms with Crippen LogP contribution < -0.4 is 0 Å². The van der Waals surface area contributed by atoms with E-state index in [1.54, 1.807) is 24.3 Å². The minimum atomic E-state index is -3.20. The second-order valence-corrected chi connectivity index (χ2v) is 11.5. The molecule has 0 spiro atoms. The molecule has 1 aliphatic carbocycles. The number of carbonyl (C=O) groups excluding carboxylic acids is 1. The van der Waals surface area contributed by atoms with Crippen molar-refractivity contribution in [1.29, 1.82) is 0 Å². The fraction of sp³-hybridized carbons (Fsp3) is 0.538. The van der Waals surface area contributed by atoms with Gasteiger partial charge in [-0.15, -0.1) is 0 Å². The van der Waals surface area contributed by atoms with Gasteiger partial charge in [-0.3, -0.25) is 9.78 Å². The molecule has 0 unspecified atom stereocenters. The van der Waals surface area contributed by atoms with E-state index in [4.69, 9.17) is 4.74 Å². The standard InChI is InChI=1S/C26H34N2O4S/c1-33(30,31)24-10-8-22(9-11-24)25-12-7-21(18-27-25)19-32-23-13-15-28(16-14-23)26(29)17-20-5-3-2-4-6-20/h7-12,18,20,23H,2-6,13-17,19H2,1H3. The predicted molar refractivity (Wildman–Crippen MR) is 128 cm³/mol. The van der Waals surface area contributed by atoms with Gasteiger partial charge in [-0.2, -0.15) is 0 Å². The number of pyridine rings is 1. The minimum absolute atomic E-state index is 0.173. The Morgan fingerprint density at radius 1 is 1.00 bits per heavy atom. The zero-order chi connectivity index (χ0) is 23.3. The molecule has 1 aromatic heterocycles. The number of sulfone groups is 1. The van der Waals surface area contributed by atoms with E-state index in [0.29, 0.717) is 23.3 Å². The van der Waals surface area contributed by atoms with Crippen LogP contribution in [-0.2, 0) is 26.0 Å². The first-order valence-electron chi connectivity index (χ1n) is 12.0. The predicted octanol–water partition coefficient (Wildman–Crippen LogP) is 4.63. The van der Waals surface area contributed by atoms with Gasteiger partial charge in [-0.05, 0) is 55.4 Å². The molecule has 1 saturated heterocycles. The minimum Gasteiger partial charge on any atom is -0.373 e. The summed E-state index contributed by atoms with van der Waals surface area (Å²) < 4.78 is 29.3. The lowest BCUT2D eigenvalue weighted by Gasteiger charge is -2.33. The van der Waals surface area contributed by atoms with Crippen LogP contribution in [0.2, 0.25) is 0 Å². The van der Waals surface area contributed by atoms with E-state index in [0.717, 1.165) is 49.2 Å². The Kier molecular flexibility index (Phi) is 7.81. The molecule has 1 amide bonds. The Bertz CT molecular complexity index is 1020. The second-order valence-electron chi connectivity index (χ2n) is 9.45. The summed E-state index contributed by atoms with van der Waals surface area (Å²) in [5, 5.41) is 0. The highest BCUT2D eigenvalue weighted by molar-refractivity contribution is 7.90. The smallest absolute Gasteiger partial charge is 0.222 e. The monoisotopic (exact) mass is 470 g/mol. The molecule has 0 radical (unpaired) electrons. The molecule has 2 aliphatic rings. The number of piperidine rings is 1. The number of hydrogen-bond donors (Lipinski definition) is 0. The van der Waals surface area contributed by atoms with Crippen LogP contribution in [0.3, 0.4) is 0 Å². The third-order valence-electron chi connectivity index (χ3n) is 6.87. The second kappa shape index (κ2) is 10.8. The van der Waals surface area contributed by atoms with E-state index in [1.807, 2.05) is 23.2 Å². The molecule has 0 bridgehead atoms. The first-order chi connectivity index (χ1) is 15.9. The van der Waals surface area contributed by atoms with Crippen molar-refractivity contribution in [2.45, 2.75) is 69.0 Å². The van der Waals surface area contributed by atoms with Crippen LogP contribution >= 0.6 is 0 Å². The molecular formula is C26H34N2O4S. The molecule has 2 fully saturated rings. The maximum Gasteiger partial charge on any atom is 0.222 e. The molecule has 1 saturated carbocycles. The number of aromatic nitrogens is 1. The third-order valence-corrected chi connectivity index (χ3v) is 8.00. The van der Waals surface area contributed by atoms with Crippen molar-refractivity contribution in [2.24, 2.45) is 5.92 Å². The lowest BCUT2D eigenvalue weighted by Crippen LogP contribution is -2.41. The van der Waals surface area contributed by atoms with E-state index in [9.17, 15) is 13.2 Å². The molecule has 1 aliphatic heterocycles. The maximum absolute atomic E-state index is 12.6. The van der Waals surface area contributed by atoms with Crippen LogP contribution in [0.5, 0.6) is 0 Å². The van der Waals surface area contributed by atoms with Crippen LogP contribution in [0.15, 0.2) is 47.5 Å². The van der Waals surface area contributed by atoms with Gasteiger partial charge in [0, 0.05) is 37.5 Å². The Hall–Kier alpha value is -2.25. The summed E-state index contributed by atoms with van der Waals surface area (Å²) in [7, 11) is -3.20. The average Bonchev–Trinajstić information content (AvgIpc) is 2.83. The zero-order valence-electron chi connectivity index (χ0n) is 19.4. The summed E-state index contributed by atoms with van der Waals surface area (Å²) in [6.07, 6.45) is 12.0. The highest BCUT2D eigenvalue weighted by atomic mass is 32.2. The van der Waals surface area contributed by atoms with Gasteiger partial charge < -0.3 is 9.64 Å². The number of nitrogens with zero attached hydrogens (tertiary/aromatic N) is 2. The van der Waals surface area contributed by atoms with E-state index in [2.05, 4.69) is 4.98 Å². The Balaban J connectivity index is 1.22. The molecule has 178 valence electrons. The highest BCUT2D eigenvalue weighted by Crippen LogP contribution is 2.28. The molecule has 4 rings (SSSR count). The van der Waals surface area contributed by atoms with Gasteiger partial charge in [0.1, 0.15) is 0 Å². The molecule has 2 aromatic rings. The van der Waals surface area contributed by atoms with Crippen molar-refractivity contribution >= 4 is 15.7 Å². The normalized spacial score (nSPS) is 18.4. The summed E-state index contributed by atoms with van der Waals surface area (Å²) >= 11 is 0. The molecule has 6 nitrogen and oxygen atoms in total. The lowest BCUT2D eigenvalue weighted by atomic mass is 9.86. The van der Waals surface area contributed by atoms with Crippen LogP contribution in [0.1, 0.15) is 56.9 Å². The van der Waals surface area contributed by atoms with Gasteiger partial charge in [0.25, 0.3) is 0 Å². The number of rotatable bonds is 7. The van der Waals surface area contributed by atoms with Crippen molar-refractivity contribution in [2.75, 3.05) is 19.3 Å².